The smallest absolute Gasteiger partial charge is 0.145 e. The minimum absolute atomic E-state index is 1.01. The summed E-state index contributed by atoms with van der Waals surface area (Å²) in [5.41, 5.74) is 2.27. The summed E-state index contributed by atoms with van der Waals surface area (Å²) in [7, 11) is 4.21. The molecule has 17 heavy (non-hydrogen) atoms. The Morgan fingerprint density at radius 1 is 1.12 bits per heavy atom. The van der Waals surface area contributed by atoms with Crippen LogP contribution in [0.15, 0.2) is 18.7 Å². The third kappa shape index (κ3) is 1.76. The van der Waals surface area contributed by atoms with Crippen molar-refractivity contribution >= 4 is 16.7 Å². The van der Waals surface area contributed by atoms with Gasteiger partial charge in [-0.3, -0.25) is 0 Å². The molecule has 0 saturated carbocycles. The molecule has 90 valence electrons. The molecule has 1 fully saturated rings. The van der Waals surface area contributed by atoms with Crippen LogP contribution in [-0.2, 0) is 7.05 Å². The molecule has 0 N–H and O–H groups in total. The van der Waals surface area contributed by atoms with Crippen molar-refractivity contribution in [2.45, 2.75) is 0 Å². The maximum Gasteiger partial charge on any atom is 0.145 e. The van der Waals surface area contributed by atoms with Gasteiger partial charge in [-0.25, -0.2) is 9.97 Å². The lowest BCUT2D eigenvalue weighted by molar-refractivity contribution is 0.313. The van der Waals surface area contributed by atoms with E-state index in [2.05, 4.69) is 37.6 Å². The number of fused-ring (bicyclic) bond motifs is 1. The molecular weight excluding hydrogens is 214 g/mol. The maximum absolute atomic E-state index is 4.33. The maximum atomic E-state index is 4.33. The molecule has 0 radical (unpaired) electrons. The van der Waals surface area contributed by atoms with Crippen LogP contribution in [0.4, 0.5) is 5.69 Å². The van der Waals surface area contributed by atoms with Crippen LogP contribution in [0.2, 0.25) is 0 Å². The lowest BCUT2D eigenvalue weighted by atomic mass is 10.2. The van der Waals surface area contributed by atoms with Gasteiger partial charge in [0.25, 0.3) is 0 Å². The number of aryl methyl sites for hydroxylation is 1. The van der Waals surface area contributed by atoms with Crippen molar-refractivity contribution < 1.29 is 0 Å². The van der Waals surface area contributed by atoms with Crippen LogP contribution in [-0.4, -0.2) is 52.7 Å². The summed E-state index contributed by atoms with van der Waals surface area (Å²) in [6, 6.07) is 0. The molecule has 5 heteroatoms. The van der Waals surface area contributed by atoms with Crippen LogP contribution in [0.5, 0.6) is 0 Å². The fourth-order valence-corrected chi connectivity index (χ4v) is 2.40. The van der Waals surface area contributed by atoms with Gasteiger partial charge in [0.1, 0.15) is 12.0 Å². The second-order valence-corrected chi connectivity index (χ2v) is 4.68. The van der Waals surface area contributed by atoms with E-state index in [-0.39, 0.29) is 0 Å². The second kappa shape index (κ2) is 4.00. The van der Waals surface area contributed by atoms with Crippen LogP contribution >= 0.6 is 0 Å². The normalized spacial score (nSPS) is 17.9. The quantitative estimate of drug-likeness (QED) is 0.725. The predicted molar refractivity (Wildman–Crippen MR) is 68.2 cm³/mol. The molecule has 2 aromatic rings. The molecule has 0 bridgehead atoms. The summed E-state index contributed by atoms with van der Waals surface area (Å²) in [5.74, 6) is 0. The molecule has 3 rings (SSSR count). The minimum Gasteiger partial charge on any atom is -0.367 e. The molecule has 0 atom stereocenters. The highest BCUT2D eigenvalue weighted by Crippen LogP contribution is 2.27. The number of piperazine rings is 1. The van der Waals surface area contributed by atoms with Gasteiger partial charge in [0.15, 0.2) is 0 Å². The first-order valence-corrected chi connectivity index (χ1v) is 5.94. The van der Waals surface area contributed by atoms with Gasteiger partial charge in [-0.05, 0) is 7.05 Å². The van der Waals surface area contributed by atoms with Crippen LogP contribution in [0.25, 0.3) is 11.0 Å². The molecule has 1 aliphatic rings. The summed E-state index contributed by atoms with van der Waals surface area (Å²) in [6.45, 7) is 4.38. The van der Waals surface area contributed by atoms with E-state index in [9.17, 15) is 0 Å². The Bertz CT molecular complexity index is 525. The van der Waals surface area contributed by atoms with Crippen molar-refractivity contribution in [3.8, 4) is 0 Å². The molecule has 0 aliphatic carbocycles. The standard InChI is InChI=1S/C12H17N5/c1-15-3-5-17(6-4-15)11-8-16(2)12-10(11)7-13-9-14-12/h7-9H,3-6H2,1-2H3. The lowest BCUT2D eigenvalue weighted by Crippen LogP contribution is -2.44. The van der Waals surface area contributed by atoms with E-state index in [4.69, 9.17) is 0 Å². The van der Waals surface area contributed by atoms with Gasteiger partial charge in [-0.1, -0.05) is 0 Å². The van der Waals surface area contributed by atoms with E-state index in [0.29, 0.717) is 0 Å². The van der Waals surface area contributed by atoms with Crippen molar-refractivity contribution in [2.75, 3.05) is 38.1 Å². The number of aromatic nitrogens is 3. The van der Waals surface area contributed by atoms with Crippen molar-refractivity contribution in [3.63, 3.8) is 0 Å². The fraction of sp³-hybridized carbons (Fsp3) is 0.500. The SMILES string of the molecule is CN1CCN(c2cn(C)c3ncncc23)CC1. The molecule has 2 aromatic heterocycles. The predicted octanol–water partition coefficient (Wildman–Crippen LogP) is 0.720. The molecular formula is C12H17N5. The van der Waals surface area contributed by atoms with Crippen LogP contribution in [0.3, 0.4) is 0 Å². The zero-order valence-corrected chi connectivity index (χ0v) is 10.3. The van der Waals surface area contributed by atoms with E-state index >= 15 is 0 Å². The van der Waals surface area contributed by atoms with Gasteiger partial charge in [-0.15, -0.1) is 0 Å². The molecule has 1 aliphatic heterocycles. The fourth-order valence-electron chi connectivity index (χ4n) is 2.40. The number of hydrogen-bond acceptors (Lipinski definition) is 4. The Hall–Kier alpha value is -1.62. The summed E-state index contributed by atoms with van der Waals surface area (Å²) >= 11 is 0. The van der Waals surface area contributed by atoms with E-state index in [1.165, 1.54) is 5.69 Å². The first kappa shape index (κ1) is 10.5. The minimum atomic E-state index is 1.01. The molecule has 0 amide bonds. The number of anilines is 1. The third-order valence-corrected chi connectivity index (χ3v) is 3.46. The first-order chi connectivity index (χ1) is 8.25. The molecule has 0 aromatic carbocycles. The zero-order chi connectivity index (χ0) is 11.8. The number of nitrogens with zero attached hydrogens (tertiary/aromatic N) is 5. The van der Waals surface area contributed by atoms with Crippen molar-refractivity contribution in [2.24, 2.45) is 7.05 Å². The van der Waals surface area contributed by atoms with Gasteiger partial charge >= 0.3 is 0 Å². The third-order valence-electron chi connectivity index (χ3n) is 3.46. The highest BCUT2D eigenvalue weighted by molar-refractivity contribution is 5.90. The highest BCUT2D eigenvalue weighted by atomic mass is 15.3. The van der Waals surface area contributed by atoms with Crippen LogP contribution in [0, 0.1) is 0 Å². The Labute approximate surface area is 101 Å². The summed E-state index contributed by atoms with van der Waals surface area (Å²) in [4.78, 5) is 13.2. The van der Waals surface area contributed by atoms with Gasteiger partial charge in [0.05, 0.1) is 11.1 Å². The molecule has 3 heterocycles. The van der Waals surface area contributed by atoms with Crippen molar-refractivity contribution in [1.82, 2.24) is 19.4 Å². The summed E-state index contributed by atoms with van der Waals surface area (Å²) < 4.78 is 2.07. The largest absolute Gasteiger partial charge is 0.367 e. The molecule has 0 spiro atoms. The average molecular weight is 231 g/mol. The monoisotopic (exact) mass is 231 g/mol. The second-order valence-electron chi connectivity index (χ2n) is 4.68. The van der Waals surface area contributed by atoms with Crippen molar-refractivity contribution in [1.29, 1.82) is 0 Å². The molecule has 5 nitrogen and oxygen atoms in total. The highest BCUT2D eigenvalue weighted by Gasteiger charge is 2.18. The first-order valence-electron chi connectivity index (χ1n) is 5.94. The molecule has 0 unspecified atom stereocenters. The Balaban J connectivity index is 2.00. The Kier molecular flexibility index (Phi) is 2.48. The number of likely N-dealkylation sites (N-methyl/N-ethyl adjacent to an activating group) is 1. The average Bonchev–Trinajstić information content (AvgIpc) is 2.69. The van der Waals surface area contributed by atoms with Crippen LogP contribution in [0.1, 0.15) is 0 Å². The van der Waals surface area contributed by atoms with Gasteiger partial charge in [-0.2, -0.15) is 0 Å². The number of rotatable bonds is 1. The zero-order valence-electron chi connectivity index (χ0n) is 10.3. The van der Waals surface area contributed by atoms with E-state index < -0.39 is 0 Å². The van der Waals surface area contributed by atoms with Crippen LogP contribution < -0.4 is 4.90 Å². The van der Waals surface area contributed by atoms with Crippen molar-refractivity contribution in [3.05, 3.63) is 18.7 Å². The van der Waals surface area contributed by atoms with Gasteiger partial charge in [0.2, 0.25) is 0 Å². The Morgan fingerprint density at radius 2 is 1.88 bits per heavy atom. The molecule has 1 saturated heterocycles. The van der Waals surface area contributed by atoms with E-state index in [0.717, 1.165) is 37.2 Å². The Morgan fingerprint density at radius 3 is 2.65 bits per heavy atom. The lowest BCUT2D eigenvalue weighted by Gasteiger charge is -2.33. The summed E-state index contributed by atoms with van der Waals surface area (Å²) in [5, 5.41) is 1.15. The van der Waals surface area contributed by atoms with E-state index in [1.807, 2.05) is 13.2 Å². The van der Waals surface area contributed by atoms with Gasteiger partial charge in [0, 0.05) is 45.6 Å². The summed E-state index contributed by atoms with van der Waals surface area (Å²) in [6.07, 6.45) is 5.68. The van der Waals surface area contributed by atoms with E-state index in [1.54, 1.807) is 6.33 Å². The van der Waals surface area contributed by atoms with Gasteiger partial charge < -0.3 is 14.4 Å². The number of hydrogen-bond donors (Lipinski definition) is 0. The topological polar surface area (TPSA) is 37.2 Å².